The maximum Gasteiger partial charge on any atom is 0.221 e. The number of hydrogen-bond acceptors (Lipinski definition) is 2. The molecular weight excluding hydrogens is 230 g/mol. The molecule has 0 aliphatic heterocycles. The van der Waals surface area contributed by atoms with Crippen molar-refractivity contribution in [1.29, 1.82) is 0 Å². The Morgan fingerprint density at radius 1 is 1.29 bits per heavy atom. The van der Waals surface area contributed by atoms with Gasteiger partial charge in [0.25, 0.3) is 0 Å². The van der Waals surface area contributed by atoms with Gasteiger partial charge < -0.3 is 5.32 Å². The monoisotopic (exact) mass is 251 g/mol. The van der Waals surface area contributed by atoms with E-state index in [0.717, 1.165) is 5.56 Å². The summed E-state index contributed by atoms with van der Waals surface area (Å²) in [7, 11) is 0. The number of carbonyl (C=O) groups is 1. The Labute approximate surface area is 109 Å². The summed E-state index contributed by atoms with van der Waals surface area (Å²) in [4.78, 5) is 11.7. The third-order valence-electron chi connectivity index (χ3n) is 2.36. The van der Waals surface area contributed by atoms with Crippen molar-refractivity contribution in [3.63, 3.8) is 0 Å². The molecule has 1 unspecified atom stereocenters. The molecule has 94 valence electrons. The summed E-state index contributed by atoms with van der Waals surface area (Å²) in [5.74, 6) is 0.0399. The first-order valence-corrected chi connectivity index (χ1v) is 6.35. The van der Waals surface area contributed by atoms with Crippen molar-refractivity contribution in [3.05, 3.63) is 35.4 Å². The summed E-state index contributed by atoms with van der Waals surface area (Å²) in [6.45, 7) is 7.97. The van der Waals surface area contributed by atoms with Crippen molar-refractivity contribution in [2.24, 2.45) is 0 Å². The molecule has 1 rings (SSSR count). The molecule has 1 atom stereocenters. The number of thiol groups is 1. The van der Waals surface area contributed by atoms with Crippen LogP contribution in [0.15, 0.2) is 24.3 Å². The fraction of sp³-hybridized carbons (Fsp3) is 0.500. The van der Waals surface area contributed by atoms with E-state index in [9.17, 15) is 4.79 Å². The van der Waals surface area contributed by atoms with Crippen LogP contribution in [0.25, 0.3) is 0 Å². The lowest BCUT2D eigenvalue weighted by atomic mass is 10.1. The topological polar surface area (TPSA) is 29.1 Å². The minimum absolute atomic E-state index is 0.0399. The van der Waals surface area contributed by atoms with Gasteiger partial charge in [-0.2, -0.15) is 12.6 Å². The number of hydrogen-bond donors (Lipinski definition) is 2. The van der Waals surface area contributed by atoms with Gasteiger partial charge in [0.05, 0.1) is 0 Å². The van der Waals surface area contributed by atoms with E-state index in [4.69, 9.17) is 0 Å². The van der Waals surface area contributed by atoms with Crippen LogP contribution >= 0.6 is 12.6 Å². The molecule has 0 saturated carbocycles. The minimum Gasteiger partial charge on any atom is -0.351 e. The molecule has 17 heavy (non-hydrogen) atoms. The third-order valence-corrected chi connectivity index (χ3v) is 2.84. The van der Waals surface area contributed by atoms with Gasteiger partial charge in [-0.25, -0.2) is 0 Å². The van der Waals surface area contributed by atoms with E-state index in [2.05, 4.69) is 17.9 Å². The molecule has 1 aromatic rings. The molecule has 0 spiro atoms. The highest BCUT2D eigenvalue weighted by Gasteiger charge is 2.17. The highest BCUT2D eigenvalue weighted by molar-refractivity contribution is 7.80. The van der Waals surface area contributed by atoms with E-state index in [1.807, 2.05) is 52.0 Å². The molecule has 3 heteroatoms. The molecule has 2 nitrogen and oxygen atoms in total. The quantitative estimate of drug-likeness (QED) is 0.793. The molecule has 0 heterocycles. The van der Waals surface area contributed by atoms with Gasteiger partial charge in [-0.3, -0.25) is 4.79 Å². The van der Waals surface area contributed by atoms with Crippen molar-refractivity contribution in [1.82, 2.24) is 5.32 Å². The number of aryl methyl sites for hydroxylation is 1. The SMILES string of the molecule is Cc1ccc(C(S)CC(=O)NC(C)(C)C)cc1. The van der Waals surface area contributed by atoms with Gasteiger partial charge in [0.2, 0.25) is 5.91 Å². The Morgan fingerprint density at radius 2 is 1.82 bits per heavy atom. The van der Waals surface area contributed by atoms with Crippen molar-refractivity contribution in [2.45, 2.75) is 44.9 Å². The summed E-state index contributed by atoms with van der Waals surface area (Å²) in [5, 5.41) is 2.90. The van der Waals surface area contributed by atoms with Gasteiger partial charge in [-0.1, -0.05) is 29.8 Å². The van der Waals surface area contributed by atoms with Crippen LogP contribution in [0.3, 0.4) is 0 Å². The van der Waals surface area contributed by atoms with E-state index in [1.165, 1.54) is 5.56 Å². The van der Waals surface area contributed by atoms with Crippen molar-refractivity contribution in [3.8, 4) is 0 Å². The van der Waals surface area contributed by atoms with Crippen LogP contribution in [0.4, 0.5) is 0 Å². The molecule has 0 bridgehead atoms. The van der Waals surface area contributed by atoms with E-state index in [-0.39, 0.29) is 16.7 Å². The minimum atomic E-state index is -0.183. The zero-order chi connectivity index (χ0) is 13.1. The number of rotatable bonds is 3. The van der Waals surface area contributed by atoms with Crippen molar-refractivity contribution in [2.75, 3.05) is 0 Å². The average molecular weight is 251 g/mol. The zero-order valence-electron chi connectivity index (χ0n) is 10.9. The van der Waals surface area contributed by atoms with Crippen LogP contribution in [-0.4, -0.2) is 11.4 Å². The van der Waals surface area contributed by atoms with Gasteiger partial charge in [-0.05, 0) is 33.3 Å². The zero-order valence-corrected chi connectivity index (χ0v) is 11.8. The van der Waals surface area contributed by atoms with E-state index in [0.29, 0.717) is 6.42 Å². The van der Waals surface area contributed by atoms with E-state index in [1.54, 1.807) is 0 Å². The largest absolute Gasteiger partial charge is 0.351 e. The van der Waals surface area contributed by atoms with Crippen molar-refractivity contribution < 1.29 is 4.79 Å². The lowest BCUT2D eigenvalue weighted by molar-refractivity contribution is -0.122. The average Bonchev–Trinajstić information content (AvgIpc) is 2.15. The molecule has 1 aromatic carbocycles. The first-order chi connectivity index (χ1) is 7.78. The predicted octanol–water partition coefficient (Wildman–Crippen LogP) is 3.27. The second-order valence-electron chi connectivity index (χ2n) is 5.43. The van der Waals surface area contributed by atoms with E-state index >= 15 is 0 Å². The van der Waals surface area contributed by atoms with Crippen LogP contribution in [0, 0.1) is 6.92 Å². The Hall–Kier alpha value is -0.960. The standard InChI is InChI=1S/C14H21NOS/c1-10-5-7-11(8-6-10)12(17)9-13(16)15-14(2,3)4/h5-8,12,17H,9H2,1-4H3,(H,15,16). The van der Waals surface area contributed by atoms with Crippen LogP contribution in [-0.2, 0) is 4.79 Å². The Morgan fingerprint density at radius 3 is 2.29 bits per heavy atom. The van der Waals surface area contributed by atoms with E-state index < -0.39 is 0 Å². The normalized spacial score (nSPS) is 13.2. The third kappa shape index (κ3) is 5.26. The predicted molar refractivity (Wildman–Crippen MR) is 75.4 cm³/mol. The number of nitrogens with one attached hydrogen (secondary N) is 1. The van der Waals surface area contributed by atoms with Crippen molar-refractivity contribution >= 4 is 18.5 Å². The first kappa shape index (κ1) is 14.1. The summed E-state index contributed by atoms with van der Waals surface area (Å²) in [6.07, 6.45) is 0.406. The molecule has 0 aromatic heterocycles. The first-order valence-electron chi connectivity index (χ1n) is 5.83. The van der Waals surface area contributed by atoms with Gasteiger partial charge in [0.15, 0.2) is 0 Å². The highest BCUT2D eigenvalue weighted by atomic mass is 32.1. The van der Waals surface area contributed by atoms with Crippen LogP contribution < -0.4 is 5.32 Å². The van der Waals surface area contributed by atoms with Gasteiger partial charge in [0.1, 0.15) is 0 Å². The molecule has 0 radical (unpaired) electrons. The fourth-order valence-electron chi connectivity index (χ4n) is 1.55. The maximum absolute atomic E-state index is 11.7. The van der Waals surface area contributed by atoms with Crippen LogP contribution in [0.5, 0.6) is 0 Å². The molecule has 0 fully saturated rings. The van der Waals surface area contributed by atoms with Gasteiger partial charge in [0, 0.05) is 17.2 Å². The number of benzene rings is 1. The van der Waals surface area contributed by atoms with Gasteiger partial charge in [-0.15, -0.1) is 0 Å². The molecular formula is C14H21NOS. The summed E-state index contributed by atoms with van der Waals surface area (Å²) < 4.78 is 0. The summed E-state index contributed by atoms with van der Waals surface area (Å²) >= 11 is 4.48. The maximum atomic E-state index is 11.7. The second kappa shape index (κ2) is 5.58. The summed E-state index contributed by atoms with van der Waals surface area (Å²) in [6, 6.07) is 8.13. The molecule has 0 aliphatic rings. The van der Waals surface area contributed by atoms with Crippen LogP contribution in [0.2, 0.25) is 0 Å². The van der Waals surface area contributed by atoms with Gasteiger partial charge >= 0.3 is 0 Å². The lowest BCUT2D eigenvalue weighted by Gasteiger charge is -2.21. The smallest absolute Gasteiger partial charge is 0.221 e. The Balaban J connectivity index is 2.57. The Bertz CT molecular complexity index is 378. The molecule has 1 N–H and O–H groups in total. The number of amides is 1. The second-order valence-corrected chi connectivity index (χ2v) is 6.05. The number of carbonyl (C=O) groups excluding carboxylic acids is 1. The fourth-order valence-corrected chi connectivity index (χ4v) is 1.89. The lowest BCUT2D eigenvalue weighted by Crippen LogP contribution is -2.40. The molecule has 0 saturated heterocycles. The Kier molecular flexibility index (Phi) is 4.63. The highest BCUT2D eigenvalue weighted by Crippen LogP contribution is 2.24. The molecule has 1 amide bonds. The van der Waals surface area contributed by atoms with Crippen LogP contribution in [0.1, 0.15) is 43.6 Å². The summed E-state index contributed by atoms with van der Waals surface area (Å²) in [5.41, 5.74) is 2.12. The molecule has 0 aliphatic carbocycles.